The van der Waals surface area contributed by atoms with Gasteiger partial charge in [0, 0.05) is 18.7 Å². The Morgan fingerprint density at radius 2 is 1.92 bits per heavy atom. The van der Waals surface area contributed by atoms with Crippen LogP contribution in [0.1, 0.15) is 36.0 Å². The Labute approximate surface area is 152 Å². The minimum Gasteiger partial charge on any atom is -0.392 e. The summed E-state index contributed by atoms with van der Waals surface area (Å²) in [6, 6.07) is 11.2. The lowest BCUT2D eigenvalue weighted by Crippen LogP contribution is -2.32. The van der Waals surface area contributed by atoms with Crippen molar-refractivity contribution in [3.63, 3.8) is 0 Å². The van der Waals surface area contributed by atoms with E-state index in [0.29, 0.717) is 12.1 Å². The number of benzene rings is 2. The van der Waals surface area contributed by atoms with E-state index in [4.69, 9.17) is 4.98 Å². The summed E-state index contributed by atoms with van der Waals surface area (Å²) in [5, 5.41) is 9.70. The van der Waals surface area contributed by atoms with E-state index in [1.165, 1.54) is 25.3 Å². The Morgan fingerprint density at radius 1 is 1.12 bits per heavy atom. The minimum absolute atomic E-state index is 0.0244. The van der Waals surface area contributed by atoms with Crippen LogP contribution in [0.3, 0.4) is 0 Å². The predicted molar refractivity (Wildman–Crippen MR) is 102 cm³/mol. The summed E-state index contributed by atoms with van der Waals surface area (Å²) in [4.78, 5) is 7.23. The summed E-state index contributed by atoms with van der Waals surface area (Å²) >= 11 is 0. The molecule has 4 rings (SSSR count). The minimum atomic E-state index is -0.178. The van der Waals surface area contributed by atoms with Gasteiger partial charge in [-0.1, -0.05) is 24.3 Å². The fourth-order valence-electron chi connectivity index (χ4n) is 3.80. The first-order chi connectivity index (χ1) is 12.7. The third kappa shape index (κ3) is 3.07. The Balaban J connectivity index is 1.83. The molecule has 26 heavy (non-hydrogen) atoms. The molecule has 1 N–H and O–H groups in total. The third-order valence-corrected chi connectivity index (χ3v) is 5.21. The van der Waals surface area contributed by atoms with Gasteiger partial charge in [0.25, 0.3) is 0 Å². The fraction of sp³-hybridized carbons (Fsp3) is 0.381. The molecule has 0 atom stereocenters. The molecule has 1 aliphatic heterocycles. The SMILES string of the molecule is Cc1cc(Cn2c(N3CCCCC3)nc3c(CO)cccc32)ccc1F. The van der Waals surface area contributed by atoms with Crippen LogP contribution in [0.2, 0.25) is 0 Å². The monoisotopic (exact) mass is 353 g/mol. The normalized spacial score (nSPS) is 15.0. The number of anilines is 1. The molecule has 2 aromatic carbocycles. The van der Waals surface area contributed by atoms with Crippen LogP contribution in [0.5, 0.6) is 0 Å². The maximum absolute atomic E-state index is 13.6. The van der Waals surface area contributed by atoms with Crippen molar-refractivity contribution < 1.29 is 9.50 Å². The maximum atomic E-state index is 13.6. The molecule has 1 saturated heterocycles. The van der Waals surface area contributed by atoms with Gasteiger partial charge in [-0.15, -0.1) is 0 Å². The van der Waals surface area contributed by atoms with Crippen molar-refractivity contribution in [2.24, 2.45) is 0 Å². The molecule has 4 nitrogen and oxygen atoms in total. The molecular formula is C21H24FN3O. The molecule has 0 saturated carbocycles. The van der Waals surface area contributed by atoms with Gasteiger partial charge in [-0.25, -0.2) is 9.37 Å². The second-order valence-corrected chi connectivity index (χ2v) is 7.07. The van der Waals surface area contributed by atoms with E-state index in [9.17, 15) is 9.50 Å². The number of hydrogen-bond donors (Lipinski definition) is 1. The first-order valence-electron chi connectivity index (χ1n) is 9.26. The summed E-state index contributed by atoms with van der Waals surface area (Å²) in [5.74, 6) is 0.769. The van der Waals surface area contributed by atoms with Gasteiger partial charge in [-0.05, 0) is 49.4 Å². The van der Waals surface area contributed by atoms with Gasteiger partial charge < -0.3 is 14.6 Å². The zero-order valence-corrected chi connectivity index (χ0v) is 15.1. The van der Waals surface area contributed by atoms with Gasteiger partial charge in [0.15, 0.2) is 0 Å². The van der Waals surface area contributed by atoms with Crippen molar-refractivity contribution in [1.29, 1.82) is 0 Å². The highest BCUT2D eigenvalue weighted by atomic mass is 19.1. The number of fused-ring (bicyclic) bond motifs is 1. The van der Waals surface area contributed by atoms with Crippen molar-refractivity contribution in [2.75, 3.05) is 18.0 Å². The van der Waals surface area contributed by atoms with Crippen LogP contribution in [0.4, 0.5) is 10.3 Å². The van der Waals surface area contributed by atoms with Crippen molar-refractivity contribution in [3.05, 3.63) is 58.9 Å². The van der Waals surface area contributed by atoms with Gasteiger partial charge in [0.05, 0.1) is 24.2 Å². The summed E-state index contributed by atoms with van der Waals surface area (Å²) in [5.41, 5.74) is 4.42. The van der Waals surface area contributed by atoms with Crippen LogP contribution in [0.25, 0.3) is 11.0 Å². The molecule has 0 amide bonds. The molecular weight excluding hydrogens is 329 g/mol. The number of piperidine rings is 1. The van der Waals surface area contributed by atoms with Gasteiger partial charge in [-0.2, -0.15) is 0 Å². The van der Waals surface area contributed by atoms with E-state index >= 15 is 0 Å². The van der Waals surface area contributed by atoms with Crippen LogP contribution in [-0.4, -0.2) is 27.7 Å². The Hall–Kier alpha value is -2.40. The fourth-order valence-corrected chi connectivity index (χ4v) is 3.80. The number of aromatic nitrogens is 2. The lowest BCUT2D eigenvalue weighted by atomic mass is 10.1. The number of nitrogens with zero attached hydrogens (tertiary/aromatic N) is 3. The van der Waals surface area contributed by atoms with Gasteiger partial charge in [0.2, 0.25) is 5.95 Å². The molecule has 0 radical (unpaired) electrons. The number of hydrogen-bond acceptors (Lipinski definition) is 3. The van der Waals surface area contributed by atoms with Crippen LogP contribution in [0, 0.1) is 12.7 Å². The molecule has 2 heterocycles. The summed E-state index contributed by atoms with van der Waals surface area (Å²) < 4.78 is 15.8. The smallest absolute Gasteiger partial charge is 0.206 e. The maximum Gasteiger partial charge on any atom is 0.206 e. The van der Waals surface area contributed by atoms with E-state index in [1.54, 1.807) is 6.92 Å². The second-order valence-electron chi connectivity index (χ2n) is 7.07. The largest absolute Gasteiger partial charge is 0.392 e. The molecule has 0 spiro atoms. The number of para-hydroxylation sites is 1. The van der Waals surface area contributed by atoms with Crippen LogP contribution < -0.4 is 4.90 Å². The molecule has 3 aromatic rings. The van der Waals surface area contributed by atoms with E-state index in [-0.39, 0.29) is 12.4 Å². The lowest BCUT2D eigenvalue weighted by Gasteiger charge is -2.28. The average molecular weight is 353 g/mol. The third-order valence-electron chi connectivity index (χ3n) is 5.21. The van der Waals surface area contributed by atoms with Crippen molar-refractivity contribution >= 4 is 17.0 Å². The first-order valence-corrected chi connectivity index (χ1v) is 9.26. The number of aliphatic hydroxyl groups is 1. The van der Waals surface area contributed by atoms with E-state index < -0.39 is 0 Å². The van der Waals surface area contributed by atoms with Gasteiger partial charge in [0.1, 0.15) is 5.82 Å². The molecule has 5 heteroatoms. The van der Waals surface area contributed by atoms with Crippen molar-refractivity contribution in [3.8, 4) is 0 Å². The van der Waals surface area contributed by atoms with Crippen molar-refractivity contribution in [2.45, 2.75) is 39.3 Å². The highest BCUT2D eigenvalue weighted by molar-refractivity contribution is 5.82. The zero-order chi connectivity index (χ0) is 18.1. The molecule has 0 unspecified atom stereocenters. The standard InChI is InChI=1S/C21H24FN3O/c1-15-12-16(8-9-18(15)22)13-25-19-7-5-6-17(14-26)20(19)23-21(25)24-10-3-2-4-11-24/h5-9,12,26H,2-4,10-11,13-14H2,1H3. The Bertz CT molecular complexity index is 928. The Morgan fingerprint density at radius 3 is 2.65 bits per heavy atom. The van der Waals surface area contributed by atoms with E-state index in [1.807, 2.05) is 30.3 Å². The number of aliphatic hydroxyl groups excluding tert-OH is 1. The summed E-state index contributed by atoms with van der Waals surface area (Å²) in [6.07, 6.45) is 3.60. The molecule has 0 aliphatic carbocycles. The average Bonchev–Trinajstić information content (AvgIpc) is 3.04. The quantitative estimate of drug-likeness (QED) is 0.770. The zero-order valence-electron chi connectivity index (χ0n) is 15.1. The van der Waals surface area contributed by atoms with Crippen LogP contribution >= 0.6 is 0 Å². The van der Waals surface area contributed by atoms with E-state index in [2.05, 4.69) is 9.47 Å². The Kier molecular flexibility index (Phi) is 4.64. The number of aryl methyl sites for hydroxylation is 1. The number of halogens is 1. The van der Waals surface area contributed by atoms with E-state index in [0.717, 1.165) is 41.2 Å². The highest BCUT2D eigenvalue weighted by Crippen LogP contribution is 2.28. The van der Waals surface area contributed by atoms with Crippen LogP contribution in [0.15, 0.2) is 36.4 Å². The molecule has 1 fully saturated rings. The summed E-state index contributed by atoms with van der Waals surface area (Å²) in [6.45, 7) is 4.41. The number of imidazole rings is 1. The second kappa shape index (κ2) is 7.08. The van der Waals surface area contributed by atoms with Crippen LogP contribution in [-0.2, 0) is 13.2 Å². The first kappa shape index (κ1) is 17.0. The predicted octanol–water partition coefficient (Wildman–Crippen LogP) is 4.01. The lowest BCUT2D eigenvalue weighted by molar-refractivity contribution is 0.283. The van der Waals surface area contributed by atoms with Gasteiger partial charge >= 0.3 is 0 Å². The molecule has 136 valence electrons. The number of rotatable bonds is 4. The molecule has 1 aromatic heterocycles. The molecule has 1 aliphatic rings. The van der Waals surface area contributed by atoms with Crippen molar-refractivity contribution in [1.82, 2.24) is 9.55 Å². The highest BCUT2D eigenvalue weighted by Gasteiger charge is 2.20. The summed E-state index contributed by atoms with van der Waals surface area (Å²) in [7, 11) is 0. The topological polar surface area (TPSA) is 41.3 Å². The molecule has 0 bridgehead atoms. The van der Waals surface area contributed by atoms with Gasteiger partial charge in [-0.3, -0.25) is 0 Å².